The first kappa shape index (κ1) is 26.8. The van der Waals surface area contributed by atoms with E-state index in [2.05, 4.69) is 26.2 Å². The molecule has 3 aromatic heterocycles. The number of nitriles is 1. The van der Waals surface area contributed by atoms with Crippen molar-refractivity contribution in [1.82, 2.24) is 24.5 Å². The first-order chi connectivity index (χ1) is 19.0. The molecule has 0 saturated carbocycles. The van der Waals surface area contributed by atoms with Crippen LogP contribution < -0.4 is 9.64 Å². The summed E-state index contributed by atoms with van der Waals surface area (Å²) < 4.78 is 31.3. The van der Waals surface area contributed by atoms with Gasteiger partial charge >= 0.3 is 0 Å². The molecule has 2 aliphatic heterocycles. The molecule has 0 bridgehead atoms. The van der Waals surface area contributed by atoms with Gasteiger partial charge in [0.15, 0.2) is 0 Å². The van der Waals surface area contributed by atoms with Crippen molar-refractivity contribution in [2.24, 2.45) is 5.41 Å². The molecule has 5 heterocycles. The normalized spacial score (nSPS) is 17.4. The minimum Gasteiger partial charge on any atom is -0.486 e. The first-order valence-corrected chi connectivity index (χ1v) is 15.1. The van der Waals surface area contributed by atoms with Gasteiger partial charge in [-0.15, -0.1) is 0 Å². The number of sulfonamides is 1. The molecule has 1 N–H and O–H groups in total. The van der Waals surface area contributed by atoms with Gasteiger partial charge in [0.1, 0.15) is 29.4 Å². The molecule has 0 amide bonds. The fourth-order valence-corrected chi connectivity index (χ4v) is 7.22. The number of nitrogens with one attached hydrogen (secondary N) is 1. The number of ether oxygens (including phenoxy) is 1. The van der Waals surface area contributed by atoms with Crippen molar-refractivity contribution in [3.8, 4) is 23.1 Å². The van der Waals surface area contributed by atoms with Gasteiger partial charge in [0.05, 0.1) is 27.4 Å². The van der Waals surface area contributed by atoms with E-state index in [1.54, 1.807) is 12.3 Å². The maximum absolute atomic E-state index is 11.7. The van der Waals surface area contributed by atoms with Crippen molar-refractivity contribution in [2.75, 3.05) is 37.3 Å². The molecule has 13 heteroatoms. The molecule has 4 aromatic rings. The SMILES string of the molecule is Cc1cc2[nH]nc(-c3cnc(N4CC5(C4)CN(S(C)(=O)=O)C5)c(C#N)c3)c2cc1OC(C)c1c(Cl)cncc1Cl. The molecule has 2 fully saturated rings. The maximum atomic E-state index is 11.7. The predicted molar refractivity (Wildman–Crippen MR) is 153 cm³/mol. The van der Waals surface area contributed by atoms with E-state index in [-0.39, 0.29) is 5.41 Å². The topological polar surface area (TPSA) is 128 Å². The molecule has 0 aliphatic carbocycles. The van der Waals surface area contributed by atoms with E-state index in [9.17, 15) is 13.7 Å². The molecule has 1 spiro atoms. The maximum Gasteiger partial charge on any atom is 0.211 e. The van der Waals surface area contributed by atoms with Crippen LogP contribution in [0.15, 0.2) is 36.8 Å². The van der Waals surface area contributed by atoms with E-state index < -0.39 is 16.1 Å². The highest BCUT2D eigenvalue weighted by Gasteiger charge is 2.54. The Morgan fingerprint density at radius 3 is 2.48 bits per heavy atom. The van der Waals surface area contributed by atoms with Crippen molar-refractivity contribution < 1.29 is 13.2 Å². The molecule has 40 heavy (non-hydrogen) atoms. The molecular weight excluding hydrogens is 573 g/mol. The third-order valence-corrected chi connectivity index (χ3v) is 9.36. The standard InChI is InChI=1S/C27H25Cl2N7O3S/c1-15-4-22-19(6-23(15)39-16(2)24-20(28)9-31-10-21(24)29)25(34-33-22)18-5-17(7-30)26(32-8-18)35-11-27(12-35)13-36(14-27)40(3,37)38/h4-6,8-10,16H,11-14H2,1-3H3,(H,33,34). The minimum atomic E-state index is -3.17. The average molecular weight is 599 g/mol. The molecule has 206 valence electrons. The van der Waals surface area contributed by atoms with Gasteiger partial charge < -0.3 is 9.64 Å². The van der Waals surface area contributed by atoms with Crippen LogP contribution in [0.1, 0.15) is 29.7 Å². The predicted octanol–water partition coefficient (Wildman–Crippen LogP) is 4.73. The lowest BCUT2D eigenvalue weighted by Gasteiger charge is -2.59. The molecule has 2 aliphatic rings. The van der Waals surface area contributed by atoms with Crippen molar-refractivity contribution in [3.05, 3.63) is 63.5 Å². The number of pyridine rings is 2. The lowest BCUT2D eigenvalue weighted by atomic mass is 9.74. The molecular formula is C27H25Cl2N7O3S. The van der Waals surface area contributed by atoms with E-state index in [0.717, 1.165) is 16.5 Å². The van der Waals surface area contributed by atoms with Crippen LogP contribution >= 0.6 is 23.2 Å². The summed E-state index contributed by atoms with van der Waals surface area (Å²) in [5.41, 5.74) is 4.08. The first-order valence-electron chi connectivity index (χ1n) is 12.5. The van der Waals surface area contributed by atoms with Gasteiger partial charge in [0, 0.05) is 66.7 Å². The number of aromatic amines is 1. The summed E-state index contributed by atoms with van der Waals surface area (Å²) in [5, 5.41) is 19.2. The summed E-state index contributed by atoms with van der Waals surface area (Å²) in [6.45, 7) is 6.15. The Balaban J connectivity index is 1.26. The van der Waals surface area contributed by atoms with Crippen molar-refractivity contribution in [2.45, 2.75) is 20.0 Å². The van der Waals surface area contributed by atoms with Gasteiger partial charge in [-0.2, -0.15) is 10.4 Å². The zero-order valence-electron chi connectivity index (χ0n) is 21.9. The van der Waals surface area contributed by atoms with E-state index in [1.807, 2.05) is 30.9 Å². The third-order valence-electron chi connectivity index (χ3n) is 7.56. The quantitative estimate of drug-likeness (QED) is 0.338. The van der Waals surface area contributed by atoms with Gasteiger partial charge in [-0.25, -0.2) is 17.7 Å². The Labute approximate surface area is 241 Å². The van der Waals surface area contributed by atoms with Crippen LogP contribution in [-0.2, 0) is 10.0 Å². The van der Waals surface area contributed by atoms with Crippen LogP contribution in [0, 0.1) is 23.7 Å². The van der Waals surface area contributed by atoms with Crippen LogP contribution in [0.3, 0.4) is 0 Å². The number of hydrogen-bond acceptors (Lipinski definition) is 8. The molecule has 0 radical (unpaired) electrons. The van der Waals surface area contributed by atoms with Gasteiger partial charge in [-0.1, -0.05) is 23.2 Å². The Kier molecular flexibility index (Phi) is 6.42. The summed E-state index contributed by atoms with van der Waals surface area (Å²) in [6.07, 6.45) is 5.58. The molecule has 1 atom stereocenters. The fourth-order valence-electron chi connectivity index (χ4n) is 5.53. The molecule has 1 unspecified atom stereocenters. The Hall–Kier alpha value is -3.43. The van der Waals surface area contributed by atoms with Crippen LogP contribution in [0.5, 0.6) is 5.75 Å². The second-order valence-electron chi connectivity index (χ2n) is 10.6. The molecule has 6 rings (SSSR count). The summed E-state index contributed by atoms with van der Waals surface area (Å²) in [7, 11) is -3.17. The smallest absolute Gasteiger partial charge is 0.211 e. The third kappa shape index (κ3) is 4.55. The van der Waals surface area contributed by atoms with Crippen LogP contribution in [0.4, 0.5) is 5.82 Å². The van der Waals surface area contributed by atoms with Gasteiger partial charge in [-0.05, 0) is 37.6 Å². The van der Waals surface area contributed by atoms with Crippen molar-refractivity contribution in [1.29, 1.82) is 5.26 Å². The second kappa shape index (κ2) is 9.59. The van der Waals surface area contributed by atoms with E-state index in [1.165, 1.54) is 23.0 Å². The van der Waals surface area contributed by atoms with Gasteiger partial charge in [-0.3, -0.25) is 10.1 Å². The summed E-state index contributed by atoms with van der Waals surface area (Å²) in [6, 6.07) is 7.91. The number of H-pyrrole nitrogens is 1. The number of hydrogen-bond donors (Lipinski definition) is 1. The number of halogens is 2. The molecule has 10 nitrogen and oxygen atoms in total. The van der Waals surface area contributed by atoms with Crippen LogP contribution in [0.2, 0.25) is 10.0 Å². The number of benzene rings is 1. The molecule has 1 aromatic carbocycles. The fraction of sp³-hybridized carbons (Fsp3) is 0.333. The average Bonchev–Trinajstić information content (AvgIpc) is 3.24. The van der Waals surface area contributed by atoms with Gasteiger partial charge in [0.2, 0.25) is 10.0 Å². The zero-order valence-corrected chi connectivity index (χ0v) is 24.3. The highest BCUT2D eigenvalue weighted by Crippen LogP contribution is 2.43. The number of nitrogens with zero attached hydrogens (tertiary/aromatic N) is 6. The van der Waals surface area contributed by atoms with E-state index >= 15 is 0 Å². The number of aryl methyl sites for hydroxylation is 1. The largest absolute Gasteiger partial charge is 0.486 e. The second-order valence-corrected chi connectivity index (χ2v) is 13.4. The zero-order chi connectivity index (χ0) is 28.4. The summed E-state index contributed by atoms with van der Waals surface area (Å²) in [4.78, 5) is 10.7. The Morgan fingerprint density at radius 2 is 1.82 bits per heavy atom. The number of anilines is 1. The number of aromatic nitrogens is 4. The monoisotopic (exact) mass is 597 g/mol. The van der Waals surface area contributed by atoms with Gasteiger partial charge in [0.25, 0.3) is 0 Å². The van der Waals surface area contributed by atoms with Crippen molar-refractivity contribution >= 4 is 49.9 Å². The number of rotatable bonds is 6. The Morgan fingerprint density at radius 1 is 1.12 bits per heavy atom. The Bertz CT molecular complexity index is 1780. The molecule has 2 saturated heterocycles. The van der Waals surface area contributed by atoms with E-state index in [0.29, 0.717) is 70.2 Å². The van der Waals surface area contributed by atoms with Crippen LogP contribution in [-0.4, -0.2) is 65.3 Å². The highest BCUT2D eigenvalue weighted by molar-refractivity contribution is 7.88. The summed E-state index contributed by atoms with van der Waals surface area (Å²) >= 11 is 12.7. The number of fused-ring (bicyclic) bond motifs is 1. The highest BCUT2D eigenvalue weighted by atomic mass is 35.5. The van der Waals surface area contributed by atoms with Crippen LogP contribution in [0.25, 0.3) is 22.2 Å². The van der Waals surface area contributed by atoms with Crippen molar-refractivity contribution in [3.63, 3.8) is 0 Å². The summed E-state index contributed by atoms with van der Waals surface area (Å²) in [5.74, 6) is 1.24. The lowest BCUT2D eigenvalue weighted by Crippen LogP contribution is -2.73. The lowest BCUT2D eigenvalue weighted by molar-refractivity contribution is 0.0395. The minimum absolute atomic E-state index is 0.0648. The van der Waals surface area contributed by atoms with E-state index in [4.69, 9.17) is 27.9 Å².